The van der Waals surface area contributed by atoms with Gasteiger partial charge in [0.15, 0.2) is 0 Å². The molecule has 0 aromatic heterocycles. The smallest absolute Gasteiger partial charge is 0.246 e. The van der Waals surface area contributed by atoms with Crippen molar-refractivity contribution in [2.75, 3.05) is 32.8 Å². The van der Waals surface area contributed by atoms with Crippen LogP contribution in [0.15, 0.2) is 23.1 Å². The van der Waals surface area contributed by atoms with E-state index in [1.165, 1.54) is 0 Å². The summed E-state index contributed by atoms with van der Waals surface area (Å²) in [5.74, 6) is 0.519. The van der Waals surface area contributed by atoms with Crippen molar-refractivity contribution in [3.05, 3.63) is 23.8 Å². The second-order valence-electron chi connectivity index (χ2n) is 6.32. The highest BCUT2D eigenvalue weighted by molar-refractivity contribution is 7.89. The SMILES string of the molecule is C[C@@H]1CN(S(=O)(=O)c2cccc3c2OCC3)C[C@H](C)N1CCO. The second-order valence-corrected chi connectivity index (χ2v) is 8.23. The lowest BCUT2D eigenvalue weighted by molar-refractivity contribution is 0.0597. The number of aliphatic hydroxyl groups is 1. The molecule has 2 heterocycles. The van der Waals surface area contributed by atoms with E-state index in [1.54, 1.807) is 16.4 Å². The van der Waals surface area contributed by atoms with Crippen LogP contribution in [-0.2, 0) is 16.4 Å². The highest BCUT2D eigenvalue weighted by Crippen LogP contribution is 2.35. The molecular formula is C16H24N2O4S. The molecule has 2 aliphatic rings. The van der Waals surface area contributed by atoms with E-state index in [9.17, 15) is 13.5 Å². The van der Waals surface area contributed by atoms with E-state index in [0.29, 0.717) is 32.0 Å². The van der Waals surface area contributed by atoms with Crippen molar-refractivity contribution >= 4 is 10.0 Å². The van der Waals surface area contributed by atoms with Gasteiger partial charge < -0.3 is 9.84 Å². The van der Waals surface area contributed by atoms with Crippen LogP contribution in [0, 0.1) is 0 Å². The van der Waals surface area contributed by atoms with Crippen molar-refractivity contribution in [1.29, 1.82) is 0 Å². The van der Waals surface area contributed by atoms with Crippen molar-refractivity contribution in [3.8, 4) is 5.75 Å². The van der Waals surface area contributed by atoms with Gasteiger partial charge in [-0.3, -0.25) is 4.90 Å². The molecule has 0 bridgehead atoms. The predicted octanol–water partition coefficient (Wildman–Crippen LogP) is 0.697. The summed E-state index contributed by atoms with van der Waals surface area (Å²) in [6, 6.07) is 5.48. The van der Waals surface area contributed by atoms with Crippen LogP contribution in [0.5, 0.6) is 5.75 Å². The zero-order valence-electron chi connectivity index (χ0n) is 13.6. The summed E-state index contributed by atoms with van der Waals surface area (Å²) in [6.07, 6.45) is 0.760. The van der Waals surface area contributed by atoms with Gasteiger partial charge in [0.2, 0.25) is 10.0 Å². The van der Waals surface area contributed by atoms with E-state index in [4.69, 9.17) is 4.74 Å². The van der Waals surface area contributed by atoms with Gasteiger partial charge in [-0.1, -0.05) is 12.1 Å². The number of ether oxygens (including phenoxy) is 1. The average molecular weight is 340 g/mol. The number of fused-ring (bicyclic) bond motifs is 1. The third-order valence-electron chi connectivity index (χ3n) is 4.72. The van der Waals surface area contributed by atoms with E-state index >= 15 is 0 Å². The quantitative estimate of drug-likeness (QED) is 0.874. The third kappa shape index (κ3) is 2.98. The number of β-amino-alcohol motifs (C(OH)–C–C–N with tert-alkyl or cyclic N) is 1. The van der Waals surface area contributed by atoms with Crippen LogP contribution < -0.4 is 4.74 Å². The zero-order valence-corrected chi connectivity index (χ0v) is 14.4. The number of hydrogen-bond acceptors (Lipinski definition) is 5. The summed E-state index contributed by atoms with van der Waals surface area (Å²) < 4.78 is 33.3. The molecular weight excluding hydrogens is 316 g/mol. The minimum absolute atomic E-state index is 0.0679. The van der Waals surface area contributed by atoms with Gasteiger partial charge in [0, 0.05) is 38.1 Å². The Balaban J connectivity index is 1.88. The van der Waals surface area contributed by atoms with Crippen LogP contribution in [0.1, 0.15) is 19.4 Å². The van der Waals surface area contributed by atoms with Gasteiger partial charge in [-0.15, -0.1) is 0 Å². The molecule has 0 aliphatic carbocycles. The van der Waals surface area contributed by atoms with Crippen LogP contribution in [0.3, 0.4) is 0 Å². The molecule has 2 aliphatic heterocycles. The number of nitrogens with zero attached hydrogens (tertiary/aromatic N) is 2. The first kappa shape index (κ1) is 16.7. The summed E-state index contributed by atoms with van der Waals surface area (Å²) in [5.41, 5.74) is 0.964. The molecule has 6 nitrogen and oxygen atoms in total. The van der Waals surface area contributed by atoms with E-state index in [2.05, 4.69) is 4.90 Å². The average Bonchev–Trinajstić information content (AvgIpc) is 2.98. The predicted molar refractivity (Wildman–Crippen MR) is 87.1 cm³/mol. The van der Waals surface area contributed by atoms with Crippen molar-refractivity contribution in [2.24, 2.45) is 0 Å². The molecule has 0 radical (unpaired) electrons. The minimum Gasteiger partial charge on any atom is -0.492 e. The largest absolute Gasteiger partial charge is 0.492 e. The van der Waals surface area contributed by atoms with Crippen molar-refractivity contribution in [3.63, 3.8) is 0 Å². The van der Waals surface area contributed by atoms with E-state index in [0.717, 1.165) is 12.0 Å². The number of hydrogen-bond donors (Lipinski definition) is 1. The summed E-state index contributed by atoms with van der Waals surface area (Å²) in [5, 5.41) is 9.17. The van der Waals surface area contributed by atoms with Gasteiger partial charge in [-0.25, -0.2) is 8.42 Å². The maximum Gasteiger partial charge on any atom is 0.246 e. The molecule has 7 heteroatoms. The third-order valence-corrected chi connectivity index (χ3v) is 6.58. The minimum atomic E-state index is -3.57. The molecule has 1 saturated heterocycles. The molecule has 2 atom stereocenters. The summed E-state index contributed by atoms with van der Waals surface area (Å²) in [7, 11) is -3.57. The Morgan fingerprint density at radius 3 is 2.61 bits per heavy atom. The molecule has 0 spiro atoms. The maximum atomic E-state index is 13.1. The molecule has 23 heavy (non-hydrogen) atoms. The lowest BCUT2D eigenvalue weighted by Crippen LogP contribution is -2.58. The number of benzene rings is 1. The lowest BCUT2D eigenvalue weighted by Gasteiger charge is -2.43. The Morgan fingerprint density at radius 1 is 1.26 bits per heavy atom. The van der Waals surface area contributed by atoms with Crippen LogP contribution in [-0.4, -0.2) is 67.7 Å². The van der Waals surface area contributed by atoms with Crippen molar-refractivity contribution in [1.82, 2.24) is 9.21 Å². The molecule has 0 saturated carbocycles. The fraction of sp³-hybridized carbons (Fsp3) is 0.625. The summed E-state index contributed by atoms with van der Waals surface area (Å²) in [6.45, 7) is 6.05. The monoisotopic (exact) mass is 340 g/mol. The first-order valence-electron chi connectivity index (χ1n) is 8.06. The van der Waals surface area contributed by atoms with Gasteiger partial charge in [0.05, 0.1) is 13.2 Å². The number of para-hydroxylation sites is 1. The topological polar surface area (TPSA) is 70.1 Å². The molecule has 0 amide bonds. The van der Waals surface area contributed by atoms with E-state index < -0.39 is 10.0 Å². The van der Waals surface area contributed by atoms with Gasteiger partial charge in [0.25, 0.3) is 0 Å². The Hall–Kier alpha value is -1.15. The second kappa shape index (κ2) is 6.39. The lowest BCUT2D eigenvalue weighted by atomic mass is 10.1. The fourth-order valence-electron chi connectivity index (χ4n) is 3.59. The molecule has 1 aromatic rings. The van der Waals surface area contributed by atoms with Crippen LogP contribution in [0.2, 0.25) is 0 Å². The molecule has 1 fully saturated rings. The van der Waals surface area contributed by atoms with Crippen LogP contribution in [0.4, 0.5) is 0 Å². The number of aliphatic hydroxyl groups excluding tert-OH is 1. The van der Waals surface area contributed by atoms with Gasteiger partial charge in [-0.05, 0) is 25.5 Å². The number of sulfonamides is 1. The Morgan fingerprint density at radius 2 is 1.96 bits per heavy atom. The molecule has 3 rings (SSSR count). The van der Waals surface area contributed by atoms with Crippen molar-refractivity contribution in [2.45, 2.75) is 37.2 Å². The Labute approximate surface area is 137 Å². The van der Waals surface area contributed by atoms with E-state index in [1.807, 2.05) is 19.9 Å². The molecule has 0 unspecified atom stereocenters. The zero-order chi connectivity index (χ0) is 16.6. The standard InChI is InChI=1S/C16H24N2O4S/c1-12-10-17(11-13(2)18(12)7-8-19)23(20,21)15-5-3-4-14-6-9-22-16(14)15/h3-5,12-13,19H,6-11H2,1-2H3/t12-,13+. The molecule has 128 valence electrons. The van der Waals surface area contributed by atoms with Crippen molar-refractivity contribution < 1.29 is 18.3 Å². The van der Waals surface area contributed by atoms with Gasteiger partial charge in [0.1, 0.15) is 10.6 Å². The Bertz CT molecular complexity index is 665. The van der Waals surface area contributed by atoms with Gasteiger partial charge >= 0.3 is 0 Å². The molecule has 1 aromatic carbocycles. The number of rotatable bonds is 4. The number of piperazine rings is 1. The van der Waals surface area contributed by atoms with Gasteiger partial charge in [-0.2, -0.15) is 4.31 Å². The highest BCUT2D eigenvalue weighted by atomic mass is 32.2. The first-order chi connectivity index (χ1) is 10.9. The normalized spacial score (nSPS) is 26.0. The highest BCUT2D eigenvalue weighted by Gasteiger charge is 2.37. The molecule has 1 N–H and O–H groups in total. The maximum absolute atomic E-state index is 13.1. The van der Waals surface area contributed by atoms with Crippen LogP contribution >= 0.6 is 0 Å². The van der Waals surface area contributed by atoms with Crippen LogP contribution in [0.25, 0.3) is 0 Å². The summed E-state index contributed by atoms with van der Waals surface area (Å²) in [4.78, 5) is 2.43. The van der Waals surface area contributed by atoms with E-state index in [-0.39, 0.29) is 23.6 Å². The fourth-order valence-corrected chi connectivity index (χ4v) is 5.36. The summed E-state index contributed by atoms with van der Waals surface area (Å²) >= 11 is 0. The Kier molecular flexibility index (Phi) is 4.64. The first-order valence-corrected chi connectivity index (χ1v) is 9.50.